The van der Waals surface area contributed by atoms with Crippen LogP contribution in [0.2, 0.25) is 0 Å². The molecule has 1 aromatic carbocycles. The zero-order valence-corrected chi connectivity index (χ0v) is 12.3. The zero-order valence-electron chi connectivity index (χ0n) is 12.3. The molecule has 19 heavy (non-hydrogen) atoms. The number of hydrogen-bond donors (Lipinski definition) is 1. The van der Waals surface area contributed by atoms with Gasteiger partial charge in [0.1, 0.15) is 0 Å². The van der Waals surface area contributed by atoms with E-state index in [1.165, 1.54) is 38.0 Å². The van der Waals surface area contributed by atoms with Crippen LogP contribution >= 0.6 is 0 Å². The highest BCUT2D eigenvalue weighted by Crippen LogP contribution is 2.46. The first-order valence-electron chi connectivity index (χ1n) is 7.72. The Labute approximate surface area is 117 Å². The average Bonchev–Trinajstić information content (AvgIpc) is 2.86. The van der Waals surface area contributed by atoms with Crippen LogP contribution in [0.15, 0.2) is 24.3 Å². The fraction of sp³-hybridized carbons (Fsp3) is 0.647. The smallest absolute Gasteiger partial charge is 0.00330 e. The van der Waals surface area contributed by atoms with Gasteiger partial charge in [0.2, 0.25) is 0 Å². The number of piperidine rings is 1. The molecule has 2 aliphatic rings. The van der Waals surface area contributed by atoms with E-state index in [4.69, 9.17) is 0 Å². The van der Waals surface area contributed by atoms with Crippen molar-refractivity contribution in [1.29, 1.82) is 0 Å². The van der Waals surface area contributed by atoms with Gasteiger partial charge in [-0.15, -0.1) is 0 Å². The Morgan fingerprint density at radius 2 is 1.89 bits per heavy atom. The maximum Gasteiger partial charge on any atom is 0.00330 e. The van der Waals surface area contributed by atoms with E-state index >= 15 is 0 Å². The zero-order chi connectivity index (χ0) is 13.3. The Hall–Kier alpha value is -0.860. The van der Waals surface area contributed by atoms with E-state index in [0.29, 0.717) is 11.3 Å². The molecule has 2 saturated heterocycles. The largest absolute Gasteiger partial charge is 0.316 e. The highest BCUT2D eigenvalue weighted by molar-refractivity contribution is 5.29. The summed E-state index contributed by atoms with van der Waals surface area (Å²) in [7, 11) is 2.25. The topological polar surface area (TPSA) is 15.3 Å². The van der Waals surface area contributed by atoms with Crippen LogP contribution in [0.4, 0.5) is 0 Å². The minimum absolute atomic E-state index is 0.514. The molecule has 104 valence electrons. The monoisotopic (exact) mass is 258 g/mol. The molecule has 1 N–H and O–H groups in total. The lowest BCUT2D eigenvalue weighted by Gasteiger charge is -2.41. The summed E-state index contributed by atoms with van der Waals surface area (Å²) >= 11 is 0. The van der Waals surface area contributed by atoms with Crippen LogP contribution in [0.3, 0.4) is 0 Å². The van der Waals surface area contributed by atoms with Gasteiger partial charge in [0.15, 0.2) is 0 Å². The van der Waals surface area contributed by atoms with E-state index in [2.05, 4.69) is 48.5 Å². The molecule has 0 aliphatic carbocycles. The number of hydrogen-bond acceptors (Lipinski definition) is 2. The normalized spacial score (nSPS) is 26.9. The van der Waals surface area contributed by atoms with E-state index in [1.54, 1.807) is 5.56 Å². The first-order chi connectivity index (χ1) is 9.23. The van der Waals surface area contributed by atoms with E-state index in [-0.39, 0.29) is 0 Å². The van der Waals surface area contributed by atoms with Gasteiger partial charge in [-0.05, 0) is 55.9 Å². The molecule has 0 amide bonds. The summed E-state index contributed by atoms with van der Waals surface area (Å²) in [4.78, 5) is 2.47. The van der Waals surface area contributed by atoms with Gasteiger partial charge in [0, 0.05) is 19.0 Å². The van der Waals surface area contributed by atoms with E-state index in [0.717, 1.165) is 13.0 Å². The number of nitrogens with zero attached hydrogens (tertiary/aromatic N) is 1. The van der Waals surface area contributed by atoms with Gasteiger partial charge < -0.3 is 10.2 Å². The minimum atomic E-state index is 0.514. The van der Waals surface area contributed by atoms with Crippen LogP contribution in [0.1, 0.15) is 36.8 Å². The molecule has 0 radical (unpaired) electrons. The fourth-order valence-corrected chi connectivity index (χ4v) is 3.85. The van der Waals surface area contributed by atoms with Crippen LogP contribution in [0.5, 0.6) is 0 Å². The third-order valence-electron chi connectivity index (χ3n) is 5.34. The van der Waals surface area contributed by atoms with Crippen LogP contribution in [0.25, 0.3) is 0 Å². The molecular formula is C17H26N2. The number of rotatable bonds is 2. The molecule has 2 heteroatoms. The molecule has 1 unspecified atom stereocenters. The van der Waals surface area contributed by atoms with Gasteiger partial charge in [-0.2, -0.15) is 0 Å². The van der Waals surface area contributed by atoms with E-state index in [1.807, 2.05) is 0 Å². The Morgan fingerprint density at radius 1 is 1.21 bits per heavy atom. The van der Waals surface area contributed by atoms with Crippen molar-refractivity contribution in [2.24, 2.45) is 5.41 Å². The second-order valence-electron chi connectivity index (χ2n) is 6.44. The summed E-state index contributed by atoms with van der Waals surface area (Å²) in [6, 6.07) is 9.37. The lowest BCUT2D eigenvalue weighted by molar-refractivity contribution is 0.124. The lowest BCUT2D eigenvalue weighted by Crippen LogP contribution is -2.41. The lowest BCUT2D eigenvalue weighted by atomic mass is 9.68. The average molecular weight is 258 g/mol. The van der Waals surface area contributed by atoms with Crippen LogP contribution in [-0.2, 0) is 6.42 Å². The van der Waals surface area contributed by atoms with Crippen LogP contribution in [0, 0.1) is 5.41 Å². The second kappa shape index (κ2) is 5.26. The molecule has 2 heterocycles. The van der Waals surface area contributed by atoms with Crippen molar-refractivity contribution in [3.8, 4) is 0 Å². The van der Waals surface area contributed by atoms with Crippen LogP contribution in [-0.4, -0.2) is 38.1 Å². The summed E-state index contributed by atoms with van der Waals surface area (Å²) in [5.41, 5.74) is 3.51. The van der Waals surface area contributed by atoms with Crippen molar-refractivity contribution in [2.45, 2.75) is 32.1 Å². The number of benzene rings is 1. The van der Waals surface area contributed by atoms with Gasteiger partial charge in [0.05, 0.1) is 0 Å². The number of likely N-dealkylation sites (tertiary alicyclic amines) is 1. The quantitative estimate of drug-likeness (QED) is 0.877. The summed E-state index contributed by atoms with van der Waals surface area (Å²) in [6.07, 6.45) is 3.83. The SMILES string of the molecule is CCc1ccc(C2CNCC23CCN(C)CC3)cc1. The molecule has 1 atom stereocenters. The van der Waals surface area contributed by atoms with Crippen molar-refractivity contribution in [2.75, 3.05) is 33.2 Å². The summed E-state index contributed by atoms with van der Waals surface area (Å²) in [5, 5.41) is 3.66. The first kappa shape index (κ1) is 13.1. The molecule has 2 nitrogen and oxygen atoms in total. The molecule has 2 fully saturated rings. The van der Waals surface area contributed by atoms with Crippen molar-refractivity contribution in [3.05, 3.63) is 35.4 Å². The maximum atomic E-state index is 3.66. The molecule has 0 saturated carbocycles. The van der Waals surface area contributed by atoms with Gasteiger partial charge in [-0.1, -0.05) is 31.2 Å². The predicted molar refractivity (Wildman–Crippen MR) is 80.6 cm³/mol. The fourth-order valence-electron chi connectivity index (χ4n) is 3.85. The second-order valence-corrected chi connectivity index (χ2v) is 6.44. The third-order valence-corrected chi connectivity index (χ3v) is 5.34. The highest BCUT2D eigenvalue weighted by Gasteiger charge is 2.44. The first-order valence-corrected chi connectivity index (χ1v) is 7.72. The molecule has 2 aliphatic heterocycles. The summed E-state index contributed by atoms with van der Waals surface area (Å²) in [6.45, 7) is 7.11. The molecular weight excluding hydrogens is 232 g/mol. The van der Waals surface area contributed by atoms with Crippen molar-refractivity contribution in [3.63, 3.8) is 0 Å². The third kappa shape index (κ3) is 2.44. The number of nitrogens with one attached hydrogen (secondary N) is 1. The Bertz CT molecular complexity index is 415. The molecule has 1 aromatic rings. The van der Waals surface area contributed by atoms with Gasteiger partial charge >= 0.3 is 0 Å². The molecule has 0 bridgehead atoms. The highest BCUT2D eigenvalue weighted by atomic mass is 15.1. The van der Waals surface area contributed by atoms with Crippen LogP contribution < -0.4 is 5.32 Å². The Morgan fingerprint density at radius 3 is 2.53 bits per heavy atom. The molecule has 0 aromatic heterocycles. The van der Waals surface area contributed by atoms with Crippen molar-refractivity contribution < 1.29 is 0 Å². The summed E-state index contributed by atoms with van der Waals surface area (Å²) < 4.78 is 0. The van der Waals surface area contributed by atoms with Gasteiger partial charge in [0.25, 0.3) is 0 Å². The van der Waals surface area contributed by atoms with Gasteiger partial charge in [-0.3, -0.25) is 0 Å². The van der Waals surface area contributed by atoms with E-state index in [9.17, 15) is 0 Å². The standard InChI is InChI=1S/C17H26N2/c1-3-14-4-6-15(7-5-14)16-12-18-13-17(16)8-10-19(2)11-9-17/h4-7,16,18H,3,8-13H2,1-2H3. The minimum Gasteiger partial charge on any atom is -0.316 e. The summed E-state index contributed by atoms with van der Waals surface area (Å²) in [5.74, 6) is 0.715. The van der Waals surface area contributed by atoms with Crippen molar-refractivity contribution in [1.82, 2.24) is 10.2 Å². The Balaban J connectivity index is 1.82. The Kier molecular flexibility index (Phi) is 3.64. The van der Waals surface area contributed by atoms with E-state index < -0.39 is 0 Å². The van der Waals surface area contributed by atoms with Crippen molar-refractivity contribution >= 4 is 0 Å². The predicted octanol–water partition coefficient (Wildman–Crippen LogP) is 2.65. The molecule has 1 spiro atoms. The molecule has 3 rings (SSSR count). The number of aryl methyl sites for hydroxylation is 1. The maximum absolute atomic E-state index is 3.66. The van der Waals surface area contributed by atoms with Gasteiger partial charge in [-0.25, -0.2) is 0 Å².